The largest absolute Gasteiger partial charge is 0.294 e. The predicted octanol–water partition coefficient (Wildman–Crippen LogP) is 3.18. The second-order valence-electron chi connectivity index (χ2n) is 3.24. The van der Waals surface area contributed by atoms with Crippen LogP contribution >= 0.6 is 15.9 Å². The highest BCUT2D eigenvalue weighted by Gasteiger charge is 2.32. The zero-order valence-corrected chi connectivity index (χ0v) is 8.47. The number of hydrogen-bond donors (Lipinski definition) is 0. The van der Waals surface area contributed by atoms with E-state index >= 15 is 0 Å². The molecule has 0 radical (unpaired) electrons. The van der Waals surface area contributed by atoms with Gasteiger partial charge in [-0.25, -0.2) is 4.39 Å². The minimum Gasteiger partial charge on any atom is -0.294 e. The molecule has 68 valence electrons. The fraction of sp³-hybridized carbons (Fsp3) is 0.300. The Kier molecular flexibility index (Phi) is 2.20. The first-order valence-electron chi connectivity index (χ1n) is 4.18. The minimum absolute atomic E-state index is 0.0567. The van der Waals surface area contributed by atoms with Crippen LogP contribution in [0.15, 0.2) is 22.7 Å². The summed E-state index contributed by atoms with van der Waals surface area (Å²) in [4.78, 5) is 11.5. The number of benzene rings is 1. The lowest BCUT2D eigenvalue weighted by molar-refractivity contribution is 0.0963. The van der Waals surface area contributed by atoms with Crippen LogP contribution in [0.4, 0.5) is 4.39 Å². The summed E-state index contributed by atoms with van der Waals surface area (Å²) in [5.41, 5.74) is 0.219. The Morgan fingerprint density at radius 2 is 2.15 bits per heavy atom. The van der Waals surface area contributed by atoms with Crippen LogP contribution in [-0.4, -0.2) is 5.78 Å². The van der Waals surface area contributed by atoms with Gasteiger partial charge in [-0.2, -0.15) is 0 Å². The number of carbonyl (C=O) groups excluding carboxylic acids is 1. The van der Waals surface area contributed by atoms with Crippen molar-refractivity contribution in [3.8, 4) is 0 Å². The lowest BCUT2D eigenvalue weighted by Crippen LogP contribution is -2.04. The van der Waals surface area contributed by atoms with Gasteiger partial charge >= 0.3 is 0 Å². The average Bonchev–Trinajstić information content (AvgIpc) is 2.91. The number of Topliss-reactive ketones (excluding diaryl/α,β-unsaturated/α-hetero) is 1. The van der Waals surface area contributed by atoms with E-state index in [9.17, 15) is 9.18 Å². The molecule has 0 bridgehead atoms. The lowest BCUT2D eigenvalue weighted by Gasteiger charge is -2.01. The molecule has 0 aliphatic heterocycles. The van der Waals surface area contributed by atoms with Crippen molar-refractivity contribution in [2.45, 2.75) is 12.8 Å². The lowest BCUT2D eigenvalue weighted by atomic mass is 10.1. The van der Waals surface area contributed by atoms with Crippen molar-refractivity contribution < 1.29 is 9.18 Å². The van der Waals surface area contributed by atoms with Crippen molar-refractivity contribution in [3.05, 3.63) is 34.1 Å². The van der Waals surface area contributed by atoms with E-state index in [1.165, 1.54) is 0 Å². The number of ketones is 1. The van der Waals surface area contributed by atoms with Crippen molar-refractivity contribution in [3.63, 3.8) is 0 Å². The third-order valence-electron chi connectivity index (χ3n) is 2.17. The van der Waals surface area contributed by atoms with Crippen molar-refractivity contribution in [2.24, 2.45) is 5.92 Å². The minimum atomic E-state index is -0.431. The first kappa shape index (κ1) is 8.88. The van der Waals surface area contributed by atoms with Gasteiger partial charge < -0.3 is 0 Å². The number of carbonyl (C=O) groups is 1. The zero-order chi connectivity index (χ0) is 9.42. The van der Waals surface area contributed by atoms with Gasteiger partial charge in [-0.3, -0.25) is 4.79 Å². The second kappa shape index (κ2) is 3.22. The molecule has 3 heteroatoms. The fourth-order valence-corrected chi connectivity index (χ4v) is 1.63. The molecule has 1 nitrogen and oxygen atoms in total. The maximum absolute atomic E-state index is 13.4. The van der Waals surface area contributed by atoms with Gasteiger partial charge in [0.2, 0.25) is 0 Å². The van der Waals surface area contributed by atoms with Gasteiger partial charge in [-0.05, 0) is 40.9 Å². The first-order valence-corrected chi connectivity index (χ1v) is 4.97. The number of halogens is 2. The van der Waals surface area contributed by atoms with Crippen molar-refractivity contribution in [1.82, 2.24) is 0 Å². The number of hydrogen-bond acceptors (Lipinski definition) is 1. The van der Waals surface area contributed by atoms with E-state index in [2.05, 4.69) is 15.9 Å². The van der Waals surface area contributed by atoms with E-state index in [1.54, 1.807) is 18.2 Å². The molecule has 0 saturated heterocycles. The van der Waals surface area contributed by atoms with Gasteiger partial charge in [0.05, 0.1) is 10.0 Å². The molecule has 1 aromatic rings. The highest BCUT2D eigenvalue weighted by Crippen LogP contribution is 2.34. The topological polar surface area (TPSA) is 17.1 Å². The van der Waals surface area contributed by atoms with Gasteiger partial charge in [0, 0.05) is 5.92 Å². The molecule has 0 amide bonds. The molecular weight excluding hydrogens is 235 g/mol. The van der Waals surface area contributed by atoms with E-state index in [4.69, 9.17) is 0 Å². The molecule has 13 heavy (non-hydrogen) atoms. The normalized spacial score (nSPS) is 15.8. The van der Waals surface area contributed by atoms with Gasteiger partial charge in [0.1, 0.15) is 5.82 Å². The monoisotopic (exact) mass is 242 g/mol. The molecule has 1 saturated carbocycles. The summed E-state index contributed by atoms with van der Waals surface area (Å²) in [5, 5.41) is 0. The average molecular weight is 243 g/mol. The van der Waals surface area contributed by atoms with Gasteiger partial charge in [-0.15, -0.1) is 0 Å². The fourth-order valence-electron chi connectivity index (χ4n) is 1.26. The van der Waals surface area contributed by atoms with Crippen LogP contribution in [0.2, 0.25) is 0 Å². The molecule has 1 fully saturated rings. The molecule has 0 aromatic heterocycles. The molecule has 1 aliphatic carbocycles. The summed E-state index contributed by atoms with van der Waals surface area (Å²) in [5.74, 6) is -0.415. The van der Waals surface area contributed by atoms with E-state index in [1.807, 2.05) is 0 Å². The molecule has 0 atom stereocenters. The zero-order valence-electron chi connectivity index (χ0n) is 6.89. The molecule has 1 aromatic carbocycles. The second-order valence-corrected chi connectivity index (χ2v) is 4.09. The summed E-state index contributed by atoms with van der Waals surface area (Å²) in [7, 11) is 0. The Morgan fingerprint density at radius 3 is 2.77 bits per heavy atom. The maximum Gasteiger partial charge on any atom is 0.168 e. The Labute approximate surface area is 84.1 Å². The van der Waals surface area contributed by atoms with Gasteiger partial charge in [-0.1, -0.05) is 6.07 Å². The first-order chi connectivity index (χ1) is 6.20. The third kappa shape index (κ3) is 1.66. The molecule has 0 heterocycles. The summed E-state index contributed by atoms with van der Waals surface area (Å²) >= 11 is 3.06. The van der Waals surface area contributed by atoms with Crippen LogP contribution in [0.1, 0.15) is 23.2 Å². The summed E-state index contributed by atoms with van der Waals surface area (Å²) in [6.07, 6.45) is 1.82. The highest BCUT2D eigenvalue weighted by atomic mass is 79.9. The molecule has 0 unspecified atom stereocenters. The van der Waals surface area contributed by atoms with E-state index < -0.39 is 5.82 Å². The van der Waals surface area contributed by atoms with Crippen LogP contribution in [0, 0.1) is 11.7 Å². The molecular formula is C10H8BrFO. The predicted molar refractivity (Wildman–Crippen MR) is 51.2 cm³/mol. The van der Waals surface area contributed by atoms with Gasteiger partial charge in [0.15, 0.2) is 5.78 Å². The van der Waals surface area contributed by atoms with E-state index in [0.717, 1.165) is 12.8 Å². The van der Waals surface area contributed by atoms with Crippen LogP contribution in [0.5, 0.6) is 0 Å². The SMILES string of the molecule is O=C(c1cccc(Br)c1F)C1CC1. The molecule has 1 aliphatic rings. The quantitative estimate of drug-likeness (QED) is 0.729. The summed E-state index contributed by atoms with van der Waals surface area (Å²) in [6.45, 7) is 0. The van der Waals surface area contributed by atoms with Crippen LogP contribution in [-0.2, 0) is 0 Å². The van der Waals surface area contributed by atoms with E-state index in [-0.39, 0.29) is 17.3 Å². The van der Waals surface area contributed by atoms with Crippen molar-refractivity contribution in [1.29, 1.82) is 0 Å². The van der Waals surface area contributed by atoms with Crippen LogP contribution in [0.25, 0.3) is 0 Å². The standard InChI is InChI=1S/C10H8BrFO/c11-8-3-1-2-7(9(8)12)10(13)6-4-5-6/h1-3,6H,4-5H2. The Balaban J connectivity index is 2.38. The van der Waals surface area contributed by atoms with Crippen LogP contribution < -0.4 is 0 Å². The summed E-state index contributed by atoms with van der Waals surface area (Å²) < 4.78 is 13.7. The molecule has 0 spiro atoms. The summed E-state index contributed by atoms with van der Waals surface area (Å²) in [6, 6.07) is 4.82. The molecule has 0 N–H and O–H groups in total. The Morgan fingerprint density at radius 1 is 1.46 bits per heavy atom. The van der Waals surface area contributed by atoms with Gasteiger partial charge in [0.25, 0.3) is 0 Å². The number of rotatable bonds is 2. The smallest absolute Gasteiger partial charge is 0.168 e. The highest BCUT2D eigenvalue weighted by molar-refractivity contribution is 9.10. The maximum atomic E-state index is 13.4. The third-order valence-corrected chi connectivity index (χ3v) is 2.78. The van der Waals surface area contributed by atoms with Crippen molar-refractivity contribution >= 4 is 21.7 Å². The van der Waals surface area contributed by atoms with Crippen molar-refractivity contribution in [2.75, 3.05) is 0 Å². The van der Waals surface area contributed by atoms with E-state index in [0.29, 0.717) is 4.47 Å². The molecule has 2 rings (SSSR count). The Bertz CT molecular complexity index is 358. The Hall–Kier alpha value is -0.700. The van der Waals surface area contributed by atoms with Crippen LogP contribution in [0.3, 0.4) is 0 Å².